The van der Waals surface area contributed by atoms with Crippen molar-refractivity contribution in [2.75, 3.05) is 13.1 Å². The van der Waals surface area contributed by atoms with Crippen molar-refractivity contribution < 1.29 is 0 Å². The van der Waals surface area contributed by atoms with Gasteiger partial charge in [-0.1, -0.05) is 62.4 Å². The van der Waals surface area contributed by atoms with Crippen LogP contribution in [0.4, 0.5) is 0 Å². The van der Waals surface area contributed by atoms with Gasteiger partial charge in [-0.3, -0.25) is 0 Å². The van der Waals surface area contributed by atoms with Crippen molar-refractivity contribution in [2.24, 2.45) is 7.05 Å². The Morgan fingerprint density at radius 3 is 2.36 bits per heavy atom. The Hall–Kier alpha value is -1.88. The largest absolute Gasteiger partial charge is 0.330 e. The van der Waals surface area contributed by atoms with E-state index in [1.54, 1.807) is 18.2 Å². The number of para-hydroxylation sites is 2. The number of allylic oxidation sites excluding steroid dienone is 3. The topological polar surface area (TPSA) is 41.9 Å². The monoisotopic (exact) mass is 404 g/mol. The standard InChI is InChI=1S/C14H20N4.C4H5Cl.C3H6.C2H6/c1-18-13-5-3-2-4-12(13)17-14(18)10-16-11-6-8-15-9-7-11;1-2-3-4-5;1-3-2;1-2/h2-5,11,15-16H,6-10H2,1H3;2-4H,1H2;3H,1H2,2H3;1-2H3/b;4-3+;;. The number of aryl methyl sites for hydroxylation is 1. The number of hydrogen-bond donors (Lipinski definition) is 2. The third-order valence-electron chi connectivity index (χ3n) is 3.98. The number of nitrogens with one attached hydrogen (secondary N) is 2. The number of imidazole rings is 1. The molecule has 0 aliphatic carbocycles. The van der Waals surface area contributed by atoms with Gasteiger partial charge in [0.05, 0.1) is 17.6 Å². The maximum Gasteiger partial charge on any atom is 0.123 e. The van der Waals surface area contributed by atoms with E-state index in [4.69, 9.17) is 11.6 Å². The lowest BCUT2D eigenvalue weighted by Crippen LogP contribution is -2.39. The number of halogens is 1. The zero-order valence-corrected chi connectivity index (χ0v) is 18.7. The van der Waals surface area contributed by atoms with Crippen molar-refractivity contribution in [1.29, 1.82) is 0 Å². The van der Waals surface area contributed by atoms with Crippen molar-refractivity contribution in [1.82, 2.24) is 20.2 Å². The molecule has 2 aromatic rings. The molecule has 1 aromatic heterocycles. The number of fused-ring (bicyclic) bond motifs is 1. The highest BCUT2D eigenvalue weighted by Gasteiger charge is 2.13. The third-order valence-corrected chi connectivity index (χ3v) is 4.12. The second kappa shape index (κ2) is 17.2. The van der Waals surface area contributed by atoms with E-state index in [2.05, 4.69) is 58.6 Å². The Morgan fingerprint density at radius 1 is 1.25 bits per heavy atom. The molecule has 0 unspecified atom stereocenters. The Bertz CT molecular complexity index is 685. The van der Waals surface area contributed by atoms with Gasteiger partial charge in [0.15, 0.2) is 0 Å². The number of nitrogens with zero attached hydrogens (tertiary/aromatic N) is 2. The molecule has 5 heteroatoms. The molecule has 1 aliphatic rings. The zero-order chi connectivity index (χ0) is 21.2. The lowest BCUT2D eigenvalue weighted by Gasteiger charge is -2.23. The summed E-state index contributed by atoms with van der Waals surface area (Å²) in [5.74, 6) is 1.12. The van der Waals surface area contributed by atoms with Crippen LogP contribution < -0.4 is 10.6 Å². The summed E-state index contributed by atoms with van der Waals surface area (Å²) in [5.41, 5.74) is 3.70. The fourth-order valence-corrected chi connectivity index (χ4v) is 2.77. The number of piperidine rings is 1. The number of rotatable bonds is 4. The van der Waals surface area contributed by atoms with Crippen LogP contribution >= 0.6 is 11.6 Å². The molecule has 0 atom stereocenters. The normalized spacial score (nSPS) is 13.5. The van der Waals surface area contributed by atoms with E-state index in [-0.39, 0.29) is 0 Å². The Balaban J connectivity index is 0.000000619. The van der Waals surface area contributed by atoms with Crippen molar-refractivity contribution in [3.63, 3.8) is 0 Å². The highest BCUT2D eigenvalue weighted by molar-refractivity contribution is 6.25. The molecular weight excluding hydrogens is 368 g/mol. The first-order valence-corrected chi connectivity index (χ1v) is 10.4. The summed E-state index contributed by atoms with van der Waals surface area (Å²) in [6, 6.07) is 8.93. The minimum atomic E-state index is 0.631. The van der Waals surface area contributed by atoms with Gasteiger partial charge < -0.3 is 15.2 Å². The van der Waals surface area contributed by atoms with Gasteiger partial charge in [-0.2, -0.15) is 0 Å². The molecule has 0 amide bonds. The summed E-state index contributed by atoms with van der Waals surface area (Å²) in [5, 5.41) is 7.00. The first kappa shape index (κ1) is 26.1. The van der Waals surface area contributed by atoms with Crippen molar-refractivity contribution in [3.05, 3.63) is 67.0 Å². The molecule has 1 aliphatic heterocycles. The van der Waals surface area contributed by atoms with Crippen LogP contribution in [0.2, 0.25) is 0 Å². The maximum atomic E-state index is 5.05. The molecule has 1 fully saturated rings. The number of aromatic nitrogens is 2. The lowest BCUT2D eigenvalue weighted by molar-refractivity contribution is 0.381. The van der Waals surface area contributed by atoms with Crippen LogP contribution in [0.15, 0.2) is 61.2 Å². The molecule has 28 heavy (non-hydrogen) atoms. The third kappa shape index (κ3) is 9.88. The first-order valence-electron chi connectivity index (χ1n) is 9.97. The SMILES string of the molecule is C=C/C=C/Cl.C=CC.CC.Cn1c(CNC2CCNCC2)nc2ccccc21. The predicted molar refractivity (Wildman–Crippen MR) is 126 cm³/mol. The summed E-state index contributed by atoms with van der Waals surface area (Å²) in [6.07, 6.45) is 7.45. The number of benzene rings is 1. The molecule has 1 saturated heterocycles. The Labute approximate surface area is 176 Å². The van der Waals surface area contributed by atoms with Gasteiger partial charge in [0, 0.05) is 18.6 Å². The summed E-state index contributed by atoms with van der Waals surface area (Å²) >= 11 is 5.05. The summed E-state index contributed by atoms with van der Waals surface area (Å²) in [4.78, 5) is 4.68. The zero-order valence-electron chi connectivity index (χ0n) is 17.9. The second-order valence-corrected chi connectivity index (χ2v) is 6.20. The molecule has 0 bridgehead atoms. The Morgan fingerprint density at radius 2 is 1.86 bits per heavy atom. The minimum absolute atomic E-state index is 0.631. The lowest BCUT2D eigenvalue weighted by atomic mass is 10.1. The maximum absolute atomic E-state index is 5.05. The average Bonchev–Trinajstić information content (AvgIpc) is 3.06. The molecule has 0 radical (unpaired) electrons. The van der Waals surface area contributed by atoms with Gasteiger partial charge >= 0.3 is 0 Å². The molecule has 1 aromatic carbocycles. The smallest absolute Gasteiger partial charge is 0.123 e. The predicted octanol–water partition coefficient (Wildman–Crippen LogP) is 5.56. The van der Waals surface area contributed by atoms with Gasteiger partial charge in [-0.05, 0) is 45.0 Å². The average molecular weight is 405 g/mol. The molecular formula is C23H37ClN4. The summed E-state index contributed by atoms with van der Waals surface area (Å²) in [7, 11) is 2.09. The highest BCUT2D eigenvalue weighted by atomic mass is 35.5. The van der Waals surface area contributed by atoms with E-state index >= 15 is 0 Å². The van der Waals surface area contributed by atoms with Crippen LogP contribution in [0, 0.1) is 0 Å². The van der Waals surface area contributed by atoms with Crippen LogP contribution in [-0.4, -0.2) is 28.7 Å². The molecule has 0 spiro atoms. The minimum Gasteiger partial charge on any atom is -0.330 e. The molecule has 0 saturated carbocycles. The van der Waals surface area contributed by atoms with E-state index in [0.717, 1.165) is 31.0 Å². The molecule has 2 heterocycles. The van der Waals surface area contributed by atoms with Crippen LogP contribution in [0.25, 0.3) is 11.0 Å². The fourth-order valence-electron chi connectivity index (χ4n) is 2.67. The second-order valence-electron chi connectivity index (χ2n) is 5.94. The molecule has 2 N–H and O–H groups in total. The molecule has 4 nitrogen and oxygen atoms in total. The number of hydrogen-bond acceptors (Lipinski definition) is 3. The van der Waals surface area contributed by atoms with Crippen molar-refractivity contribution in [3.8, 4) is 0 Å². The highest BCUT2D eigenvalue weighted by Crippen LogP contribution is 2.14. The van der Waals surface area contributed by atoms with E-state index < -0.39 is 0 Å². The van der Waals surface area contributed by atoms with Crippen molar-refractivity contribution in [2.45, 2.75) is 46.2 Å². The van der Waals surface area contributed by atoms with E-state index in [9.17, 15) is 0 Å². The van der Waals surface area contributed by atoms with Gasteiger partial charge in [-0.25, -0.2) is 4.98 Å². The molecule has 3 rings (SSSR count). The van der Waals surface area contributed by atoms with Gasteiger partial charge in [0.1, 0.15) is 5.82 Å². The Kier molecular flexibility index (Phi) is 16.1. The van der Waals surface area contributed by atoms with E-state index in [1.807, 2.05) is 26.8 Å². The van der Waals surface area contributed by atoms with Gasteiger partial charge in [0.25, 0.3) is 0 Å². The fraction of sp³-hybridized carbons (Fsp3) is 0.435. The van der Waals surface area contributed by atoms with Crippen LogP contribution in [0.3, 0.4) is 0 Å². The van der Waals surface area contributed by atoms with Gasteiger partial charge in [0.2, 0.25) is 0 Å². The quantitative estimate of drug-likeness (QED) is 0.517. The summed E-state index contributed by atoms with van der Waals surface area (Å²) in [6.45, 7) is 15.7. The van der Waals surface area contributed by atoms with Gasteiger partial charge in [-0.15, -0.1) is 6.58 Å². The van der Waals surface area contributed by atoms with Crippen LogP contribution in [0.1, 0.15) is 39.4 Å². The van der Waals surface area contributed by atoms with E-state index in [1.165, 1.54) is 23.9 Å². The van der Waals surface area contributed by atoms with Crippen LogP contribution in [-0.2, 0) is 13.6 Å². The van der Waals surface area contributed by atoms with E-state index in [0.29, 0.717) is 6.04 Å². The first-order chi connectivity index (χ1) is 13.7. The van der Waals surface area contributed by atoms with Crippen LogP contribution in [0.5, 0.6) is 0 Å². The molecule has 156 valence electrons. The van der Waals surface area contributed by atoms with Crippen molar-refractivity contribution >= 4 is 22.6 Å². The summed E-state index contributed by atoms with van der Waals surface area (Å²) < 4.78 is 2.18.